The van der Waals surface area contributed by atoms with E-state index in [0.717, 1.165) is 94.3 Å². The zero-order valence-electron chi connectivity index (χ0n) is 27.9. The summed E-state index contributed by atoms with van der Waals surface area (Å²) in [5, 5.41) is 27.8. The number of fused-ring (bicyclic) bond motifs is 5. The average Bonchev–Trinajstić information content (AvgIpc) is 3.92. The quantitative estimate of drug-likeness (QED) is 0.245. The first-order chi connectivity index (χ1) is 23.8. The fourth-order valence-corrected chi connectivity index (χ4v) is 8.41. The van der Waals surface area contributed by atoms with E-state index in [1.165, 1.54) is 12.8 Å². The van der Waals surface area contributed by atoms with Gasteiger partial charge in [0, 0.05) is 73.4 Å². The zero-order chi connectivity index (χ0) is 35.6. The molecule has 0 radical (unpaired) electrons. The number of pyridine rings is 1. The summed E-state index contributed by atoms with van der Waals surface area (Å²) in [5.74, 6) is -2.61. The second-order valence-electron chi connectivity index (χ2n) is 13.6. The molecule has 1 aliphatic carbocycles. The molecule has 0 unspecified atom stereocenters. The molecule has 0 bridgehead atoms. The normalized spacial score (nSPS) is 18.4. The molecule has 1 amide bonds. The predicted octanol–water partition coefficient (Wildman–Crippen LogP) is 5.69. The molecule has 8 rings (SSSR count). The van der Waals surface area contributed by atoms with Crippen molar-refractivity contribution < 1.29 is 27.9 Å². The lowest BCUT2D eigenvalue weighted by atomic mass is 9.71. The number of nitrogens with zero attached hydrogens (tertiary/aromatic N) is 8. The number of carboxylic acids is 1. The molecule has 15 heteroatoms. The van der Waals surface area contributed by atoms with Gasteiger partial charge in [-0.15, -0.1) is 0 Å². The Labute approximate surface area is 285 Å². The van der Waals surface area contributed by atoms with Crippen molar-refractivity contribution in [3.05, 3.63) is 48.5 Å². The van der Waals surface area contributed by atoms with Gasteiger partial charge in [-0.3, -0.25) is 19.1 Å². The highest BCUT2D eigenvalue weighted by Gasteiger charge is 2.55. The van der Waals surface area contributed by atoms with Gasteiger partial charge in [0.2, 0.25) is 5.91 Å². The zero-order valence-corrected chi connectivity index (χ0v) is 27.9. The monoisotopic (exact) mass is 687 g/mol. The SMILES string of the molecule is CN1C(=O)C2(CCN(C3(CC#N)CCCC3)CC2)c2c1cnc1[nH]c(-c3cnn(C)c3)c(-c3ccc4c(cnn4C)c3)c21.O=C(O)C(F)(F)F. The van der Waals surface area contributed by atoms with Gasteiger partial charge in [-0.05, 0) is 43.4 Å². The number of halogens is 3. The first kappa shape index (κ1) is 33.3. The molecule has 2 fully saturated rings. The average molecular weight is 688 g/mol. The highest BCUT2D eigenvalue weighted by Crippen LogP contribution is 2.54. The number of carbonyl (C=O) groups is 2. The number of nitrogens with one attached hydrogen (secondary N) is 1. The summed E-state index contributed by atoms with van der Waals surface area (Å²) in [6.45, 7) is 1.61. The number of hydrogen-bond donors (Lipinski definition) is 2. The molecule has 50 heavy (non-hydrogen) atoms. The van der Waals surface area contributed by atoms with Crippen LogP contribution in [0.25, 0.3) is 44.3 Å². The van der Waals surface area contributed by atoms with E-state index in [1.807, 2.05) is 55.5 Å². The van der Waals surface area contributed by atoms with Gasteiger partial charge in [0.1, 0.15) is 5.65 Å². The second kappa shape index (κ2) is 12.0. The number of likely N-dealkylation sites (tertiary alicyclic amines) is 1. The number of anilines is 1. The number of alkyl halides is 3. The Kier molecular flexibility index (Phi) is 7.97. The lowest BCUT2D eigenvalue weighted by Crippen LogP contribution is -2.55. The summed E-state index contributed by atoms with van der Waals surface area (Å²) < 4.78 is 35.4. The van der Waals surface area contributed by atoms with Crippen molar-refractivity contribution in [2.75, 3.05) is 25.0 Å². The number of H-pyrrole nitrogens is 1. The summed E-state index contributed by atoms with van der Waals surface area (Å²) in [4.78, 5) is 36.1. The van der Waals surface area contributed by atoms with Crippen LogP contribution >= 0.6 is 0 Å². The van der Waals surface area contributed by atoms with Crippen LogP contribution in [0.15, 0.2) is 43.0 Å². The molecular formula is C35H36F3N9O3. The van der Waals surface area contributed by atoms with E-state index in [4.69, 9.17) is 14.9 Å². The summed E-state index contributed by atoms with van der Waals surface area (Å²) in [6, 6.07) is 8.93. The Morgan fingerprint density at radius 1 is 1.04 bits per heavy atom. The predicted molar refractivity (Wildman–Crippen MR) is 179 cm³/mol. The number of likely N-dealkylation sites (N-methyl/N-ethyl adjacent to an activating group) is 1. The molecule has 3 aliphatic rings. The number of aryl methyl sites for hydroxylation is 2. The molecule has 6 heterocycles. The Hall–Kier alpha value is -5.23. The number of carbonyl (C=O) groups excluding carboxylic acids is 1. The van der Waals surface area contributed by atoms with E-state index in [-0.39, 0.29) is 11.4 Å². The van der Waals surface area contributed by atoms with Crippen LogP contribution in [0.4, 0.5) is 18.9 Å². The van der Waals surface area contributed by atoms with Crippen molar-refractivity contribution in [1.29, 1.82) is 5.26 Å². The van der Waals surface area contributed by atoms with E-state index in [0.29, 0.717) is 6.42 Å². The number of nitriles is 1. The van der Waals surface area contributed by atoms with Crippen molar-refractivity contribution in [2.24, 2.45) is 14.1 Å². The van der Waals surface area contributed by atoms with E-state index < -0.39 is 17.6 Å². The maximum absolute atomic E-state index is 14.3. The number of rotatable bonds is 4. The number of amides is 1. The Morgan fingerprint density at radius 3 is 2.36 bits per heavy atom. The summed E-state index contributed by atoms with van der Waals surface area (Å²) in [6.07, 6.45) is 9.06. The highest BCUT2D eigenvalue weighted by atomic mass is 19.4. The highest BCUT2D eigenvalue weighted by molar-refractivity contribution is 6.16. The molecule has 4 aromatic heterocycles. The smallest absolute Gasteiger partial charge is 0.475 e. The number of aliphatic carboxylic acids is 1. The third kappa shape index (κ3) is 5.20. The summed E-state index contributed by atoms with van der Waals surface area (Å²) in [5.41, 5.74) is 7.12. The lowest BCUT2D eigenvalue weighted by molar-refractivity contribution is -0.192. The fourth-order valence-electron chi connectivity index (χ4n) is 8.41. The molecule has 2 aliphatic heterocycles. The maximum atomic E-state index is 14.3. The van der Waals surface area contributed by atoms with E-state index in [9.17, 15) is 23.2 Å². The van der Waals surface area contributed by atoms with Crippen molar-refractivity contribution in [3.63, 3.8) is 0 Å². The van der Waals surface area contributed by atoms with Crippen LogP contribution < -0.4 is 4.90 Å². The van der Waals surface area contributed by atoms with Gasteiger partial charge in [-0.25, -0.2) is 9.78 Å². The Morgan fingerprint density at radius 2 is 1.74 bits per heavy atom. The van der Waals surface area contributed by atoms with Crippen LogP contribution in [0.5, 0.6) is 0 Å². The van der Waals surface area contributed by atoms with E-state index >= 15 is 0 Å². The van der Waals surface area contributed by atoms with Crippen molar-refractivity contribution in [2.45, 2.75) is 62.1 Å². The Balaban J connectivity index is 0.000000510. The van der Waals surface area contributed by atoms with Crippen molar-refractivity contribution in [1.82, 2.24) is 34.4 Å². The number of piperidine rings is 1. The fraction of sp³-hybridized carbons (Fsp3) is 0.429. The van der Waals surface area contributed by atoms with Gasteiger partial charge in [-0.1, -0.05) is 18.9 Å². The van der Waals surface area contributed by atoms with Gasteiger partial charge < -0.3 is 15.0 Å². The summed E-state index contributed by atoms with van der Waals surface area (Å²) >= 11 is 0. The molecule has 260 valence electrons. The van der Waals surface area contributed by atoms with Gasteiger partial charge in [0.15, 0.2) is 0 Å². The van der Waals surface area contributed by atoms with Crippen LogP contribution in [-0.2, 0) is 29.1 Å². The van der Waals surface area contributed by atoms with Gasteiger partial charge >= 0.3 is 12.1 Å². The van der Waals surface area contributed by atoms with Crippen molar-refractivity contribution >= 4 is 39.5 Å². The molecule has 1 saturated carbocycles. The van der Waals surface area contributed by atoms with Gasteiger partial charge in [-0.2, -0.15) is 28.6 Å². The minimum absolute atomic E-state index is 0.0494. The number of aromatic amines is 1. The number of benzene rings is 1. The Bertz CT molecular complexity index is 2180. The van der Waals surface area contributed by atoms with Gasteiger partial charge in [0.05, 0.1) is 53.4 Å². The van der Waals surface area contributed by atoms with E-state index in [2.05, 4.69) is 44.3 Å². The molecular weight excluding hydrogens is 651 g/mol. The third-order valence-electron chi connectivity index (χ3n) is 10.9. The molecule has 5 aromatic rings. The number of hydrogen-bond acceptors (Lipinski definition) is 7. The van der Waals surface area contributed by atoms with Crippen LogP contribution in [0.2, 0.25) is 0 Å². The minimum Gasteiger partial charge on any atom is -0.475 e. The minimum atomic E-state index is -5.08. The topological polar surface area (TPSA) is 149 Å². The third-order valence-corrected chi connectivity index (χ3v) is 10.9. The standard InChI is InChI=1S/C33H35N9O.C2HF3O2/c1-39-20-23(18-36-39)29-26(21-6-7-24-22(16-21)17-37-41(24)3)27-28-25(19-35-30(27)38-29)40(2)31(43)33(28)11-14-42(15-12-33)32(10-13-34)8-4-5-9-32;3-2(4,5)1(6)7/h6-7,16-20H,4-5,8-12,14-15H2,1-3H3,(H,35,38);(H,6,7). The first-order valence-corrected chi connectivity index (χ1v) is 16.5. The molecule has 1 spiro atoms. The molecule has 2 N–H and O–H groups in total. The lowest BCUT2D eigenvalue weighted by Gasteiger charge is -2.47. The van der Waals surface area contributed by atoms with Crippen LogP contribution in [0.1, 0.15) is 50.5 Å². The molecule has 1 aromatic carbocycles. The largest absolute Gasteiger partial charge is 0.490 e. The molecule has 12 nitrogen and oxygen atoms in total. The van der Waals surface area contributed by atoms with Crippen LogP contribution in [0.3, 0.4) is 0 Å². The second-order valence-corrected chi connectivity index (χ2v) is 13.6. The molecule has 1 saturated heterocycles. The summed E-state index contributed by atoms with van der Waals surface area (Å²) in [7, 11) is 5.76. The van der Waals surface area contributed by atoms with Crippen LogP contribution in [0, 0.1) is 11.3 Å². The first-order valence-electron chi connectivity index (χ1n) is 16.5. The number of aromatic nitrogens is 6. The van der Waals surface area contributed by atoms with E-state index in [1.54, 1.807) is 4.68 Å². The van der Waals surface area contributed by atoms with Crippen LogP contribution in [-0.4, -0.2) is 83.3 Å². The van der Waals surface area contributed by atoms with Gasteiger partial charge in [0.25, 0.3) is 0 Å². The molecule has 0 atom stereocenters. The van der Waals surface area contributed by atoms with Crippen molar-refractivity contribution in [3.8, 4) is 28.5 Å². The number of carboxylic acid groups (broad SMARTS) is 1. The maximum Gasteiger partial charge on any atom is 0.490 e.